The molecule has 0 aromatic carbocycles. The van der Waals surface area contributed by atoms with Crippen LogP contribution in [0.5, 0.6) is 0 Å². The van der Waals surface area contributed by atoms with Gasteiger partial charge in [0.05, 0.1) is 24.9 Å². The quantitative estimate of drug-likeness (QED) is 0.204. The van der Waals surface area contributed by atoms with Crippen LogP contribution in [0, 0.1) is 50.2 Å². The summed E-state index contributed by atoms with van der Waals surface area (Å²) in [6.45, 7) is 23.4. The summed E-state index contributed by atoms with van der Waals surface area (Å²) in [4.78, 5) is 52.0. The summed E-state index contributed by atoms with van der Waals surface area (Å²) in [5, 5.41) is 9.04. The Morgan fingerprint density at radius 1 is 0.894 bits per heavy atom. The average Bonchev–Trinajstić information content (AvgIpc) is 2.94. The van der Waals surface area contributed by atoms with E-state index in [9.17, 15) is 19.2 Å². The lowest BCUT2D eigenvalue weighted by Gasteiger charge is -2.70. The van der Waals surface area contributed by atoms with Gasteiger partial charge in [-0.2, -0.15) is 0 Å². The van der Waals surface area contributed by atoms with Crippen LogP contribution in [0.25, 0.3) is 0 Å². The maximum Gasteiger partial charge on any atom is 0.311 e. The van der Waals surface area contributed by atoms with Crippen molar-refractivity contribution in [3.63, 3.8) is 0 Å². The second-order valence-electron chi connectivity index (χ2n) is 19.4. The van der Waals surface area contributed by atoms with E-state index in [2.05, 4.69) is 74.2 Å². The number of carbonyl (C=O) groups excluding carboxylic acids is 3. The van der Waals surface area contributed by atoms with E-state index in [0.717, 1.165) is 57.4 Å². The molecule has 5 rings (SSSR count). The molecule has 4 saturated carbocycles. The van der Waals surface area contributed by atoms with Gasteiger partial charge in [-0.15, -0.1) is 0 Å². The molecule has 47 heavy (non-hydrogen) atoms. The first-order chi connectivity index (χ1) is 21.5. The number of fused-ring (bicyclic) bond motifs is 7. The van der Waals surface area contributed by atoms with E-state index in [1.165, 1.54) is 5.57 Å². The molecule has 1 unspecified atom stereocenters. The van der Waals surface area contributed by atoms with Crippen LogP contribution in [0.4, 0.5) is 0 Å². The first-order valence-corrected chi connectivity index (χ1v) is 22.1. The molecule has 0 spiro atoms. The molecule has 5 aliphatic carbocycles. The third kappa shape index (κ3) is 5.98. The zero-order chi connectivity index (χ0) is 35.0. The van der Waals surface area contributed by atoms with Gasteiger partial charge >= 0.3 is 17.9 Å². The monoisotopic (exact) mass is 670 g/mol. The summed E-state index contributed by atoms with van der Waals surface area (Å²) < 4.78 is 11.9. The van der Waals surface area contributed by atoms with Crippen LogP contribution >= 0.6 is 0 Å². The predicted molar refractivity (Wildman–Crippen MR) is 185 cm³/mol. The second kappa shape index (κ2) is 11.8. The van der Waals surface area contributed by atoms with Crippen molar-refractivity contribution in [3.05, 3.63) is 11.6 Å². The number of carbonyl (C=O) groups is 4. The summed E-state index contributed by atoms with van der Waals surface area (Å²) in [5.41, 5.74) is -0.134. The predicted octanol–water partition coefficient (Wildman–Crippen LogP) is 8.63. The Kier molecular flexibility index (Phi) is 9.14. The molecule has 1 N–H and O–H groups in total. The lowest BCUT2D eigenvalue weighted by atomic mass is 9.33. The third-order valence-electron chi connectivity index (χ3n) is 14.9. The third-order valence-corrected chi connectivity index (χ3v) is 16.6. The SMILES string of the molecule is CC1(C)C2CC[C@]3(C)[C@H](C(=O)C=C4[C@@H]5C[C@@](C)(C(=O)OCC[Si](C)(C)C)CC[C@]5(C)CC[C@]43C)[C@@]2(C)CC[C@@H]1OC(=O)CCC(=O)O. The van der Waals surface area contributed by atoms with Gasteiger partial charge in [-0.05, 0) is 110 Å². The molecule has 0 aromatic rings. The van der Waals surface area contributed by atoms with Crippen LogP contribution in [-0.4, -0.2) is 49.6 Å². The minimum Gasteiger partial charge on any atom is -0.481 e. The molecule has 0 heterocycles. The molecular formula is C39H62O7Si. The Hall–Kier alpha value is -1.96. The molecule has 0 radical (unpaired) electrons. The molecular weight excluding hydrogens is 609 g/mol. The Labute approximate surface area is 284 Å². The summed E-state index contributed by atoms with van der Waals surface area (Å²) >= 11 is 0. The van der Waals surface area contributed by atoms with Crippen molar-refractivity contribution in [2.75, 3.05) is 6.61 Å². The van der Waals surface area contributed by atoms with E-state index >= 15 is 0 Å². The van der Waals surface area contributed by atoms with Gasteiger partial charge in [0.2, 0.25) is 0 Å². The molecule has 9 atom stereocenters. The van der Waals surface area contributed by atoms with Gasteiger partial charge in [-0.25, -0.2) is 0 Å². The van der Waals surface area contributed by atoms with Gasteiger partial charge in [0.25, 0.3) is 0 Å². The molecule has 8 heteroatoms. The van der Waals surface area contributed by atoms with E-state index in [1.807, 2.05) is 0 Å². The average molecular weight is 671 g/mol. The van der Waals surface area contributed by atoms with Crippen molar-refractivity contribution in [1.29, 1.82) is 0 Å². The normalized spacial score (nSPS) is 42.5. The van der Waals surface area contributed by atoms with E-state index in [0.29, 0.717) is 13.0 Å². The van der Waals surface area contributed by atoms with Gasteiger partial charge in [-0.3, -0.25) is 19.2 Å². The van der Waals surface area contributed by atoms with Crippen LogP contribution < -0.4 is 0 Å². The smallest absolute Gasteiger partial charge is 0.311 e. The van der Waals surface area contributed by atoms with Crippen molar-refractivity contribution >= 4 is 31.8 Å². The largest absolute Gasteiger partial charge is 0.481 e. The van der Waals surface area contributed by atoms with E-state index < -0.39 is 25.4 Å². The topological polar surface area (TPSA) is 107 Å². The summed E-state index contributed by atoms with van der Waals surface area (Å²) in [7, 11) is -1.32. The minimum atomic E-state index is -1.32. The van der Waals surface area contributed by atoms with Gasteiger partial charge < -0.3 is 14.6 Å². The number of allylic oxidation sites excluding steroid dienone is 2. The number of ketones is 1. The van der Waals surface area contributed by atoms with E-state index in [4.69, 9.17) is 14.6 Å². The Balaban J connectivity index is 1.43. The Bertz CT molecular complexity index is 1340. The zero-order valence-corrected chi connectivity index (χ0v) is 32.0. The Morgan fingerprint density at radius 3 is 2.19 bits per heavy atom. The lowest BCUT2D eigenvalue weighted by molar-refractivity contribution is -0.211. The molecule has 0 bridgehead atoms. The highest BCUT2D eigenvalue weighted by Crippen LogP contribution is 2.75. The molecule has 0 amide bonds. The fourth-order valence-corrected chi connectivity index (χ4v) is 12.3. The summed E-state index contributed by atoms with van der Waals surface area (Å²) in [5.74, 6) is -1.03. The van der Waals surface area contributed by atoms with Gasteiger partial charge in [0.15, 0.2) is 5.78 Å². The van der Waals surface area contributed by atoms with Crippen molar-refractivity contribution in [1.82, 2.24) is 0 Å². The van der Waals surface area contributed by atoms with Crippen molar-refractivity contribution in [2.45, 2.75) is 151 Å². The number of ether oxygens (including phenoxy) is 2. The van der Waals surface area contributed by atoms with Crippen LogP contribution in [0.15, 0.2) is 11.6 Å². The van der Waals surface area contributed by atoms with Gasteiger partial charge in [0, 0.05) is 19.4 Å². The maximum absolute atomic E-state index is 14.7. The van der Waals surface area contributed by atoms with Crippen LogP contribution in [0.1, 0.15) is 119 Å². The highest BCUT2D eigenvalue weighted by Gasteiger charge is 2.70. The fraction of sp³-hybridized carbons (Fsp3) is 0.846. The Morgan fingerprint density at radius 2 is 1.55 bits per heavy atom. The highest BCUT2D eigenvalue weighted by atomic mass is 28.3. The summed E-state index contributed by atoms with van der Waals surface area (Å²) in [6, 6.07) is 0.970. The summed E-state index contributed by atoms with van der Waals surface area (Å²) in [6.07, 6.45) is 9.46. The molecule has 4 fully saturated rings. The lowest BCUT2D eigenvalue weighted by Crippen LogP contribution is -2.66. The number of hydrogen-bond donors (Lipinski definition) is 1. The molecule has 7 nitrogen and oxygen atoms in total. The van der Waals surface area contributed by atoms with Crippen LogP contribution in [0.3, 0.4) is 0 Å². The molecule has 0 saturated heterocycles. The molecule has 264 valence electrons. The highest BCUT2D eigenvalue weighted by molar-refractivity contribution is 6.76. The second-order valence-corrected chi connectivity index (χ2v) is 25.1. The number of carboxylic acid groups (broad SMARTS) is 1. The van der Waals surface area contributed by atoms with Crippen LogP contribution in [-0.2, 0) is 28.7 Å². The van der Waals surface area contributed by atoms with Crippen molar-refractivity contribution in [3.8, 4) is 0 Å². The molecule has 0 aromatic heterocycles. The van der Waals surface area contributed by atoms with E-state index in [1.54, 1.807) is 0 Å². The minimum absolute atomic E-state index is 0.0624. The first-order valence-electron chi connectivity index (χ1n) is 18.4. The van der Waals surface area contributed by atoms with Crippen molar-refractivity contribution < 1.29 is 33.8 Å². The maximum atomic E-state index is 14.7. The van der Waals surface area contributed by atoms with Gasteiger partial charge in [-0.1, -0.05) is 66.8 Å². The van der Waals surface area contributed by atoms with Crippen molar-refractivity contribution in [2.24, 2.45) is 50.2 Å². The fourth-order valence-electron chi connectivity index (χ4n) is 11.6. The molecule has 5 aliphatic rings. The van der Waals surface area contributed by atoms with Crippen LogP contribution in [0.2, 0.25) is 25.7 Å². The zero-order valence-electron chi connectivity index (χ0n) is 31.0. The number of rotatable bonds is 8. The molecule has 0 aliphatic heterocycles. The number of hydrogen-bond acceptors (Lipinski definition) is 6. The van der Waals surface area contributed by atoms with E-state index in [-0.39, 0.29) is 75.5 Å². The standard InChI is InChI=1S/C39H62O7Si/c1-34(2)28-13-16-39(7)32(37(28,5)15-14-29(34)46-31(43)12-11-30(41)42)27(40)23-25-26-24-36(4,33(44)45-21-22-47(8,9)10)18-17-35(26,3)19-20-38(25,39)6/h23,26,28-29,32H,11-22,24H2,1-10H3,(H,41,42)/t26-,28?,29-,32+,35+,36-,37-,38+,39+/m0/s1. The number of carboxylic acids is 1. The number of aliphatic carboxylic acids is 1. The van der Waals surface area contributed by atoms with Gasteiger partial charge in [0.1, 0.15) is 6.10 Å². The first kappa shape index (κ1) is 36.3. The number of esters is 2.